The number of benzene rings is 1. The number of para-hydroxylation sites is 1. The first-order chi connectivity index (χ1) is 11.1. The molecule has 0 N–H and O–H groups in total. The van der Waals surface area contributed by atoms with Gasteiger partial charge in [0.25, 0.3) is 5.56 Å². The number of aryl methyl sites for hydroxylation is 1. The average molecular weight is 308 g/mol. The first-order valence-corrected chi connectivity index (χ1v) is 7.35. The summed E-state index contributed by atoms with van der Waals surface area (Å²) in [6, 6.07) is 12.8. The third kappa shape index (κ3) is 2.50. The van der Waals surface area contributed by atoms with Crippen LogP contribution in [0.1, 0.15) is 17.3 Å². The van der Waals surface area contributed by atoms with Crippen molar-refractivity contribution in [3.05, 3.63) is 64.6 Å². The van der Waals surface area contributed by atoms with E-state index >= 15 is 0 Å². The van der Waals surface area contributed by atoms with Crippen LogP contribution in [0.5, 0.6) is 0 Å². The van der Waals surface area contributed by atoms with Crippen molar-refractivity contribution in [1.29, 1.82) is 0 Å². The molecule has 0 aliphatic carbocycles. The third-order valence-corrected chi connectivity index (χ3v) is 3.70. The number of rotatable bonds is 3. The van der Waals surface area contributed by atoms with Crippen LogP contribution in [-0.2, 0) is 11.8 Å². The van der Waals surface area contributed by atoms with Crippen LogP contribution in [0.25, 0.3) is 22.2 Å². The van der Waals surface area contributed by atoms with E-state index in [1.54, 1.807) is 32.3 Å². The molecular formula is C18H16N2O3. The monoisotopic (exact) mass is 308 g/mol. The summed E-state index contributed by atoms with van der Waals surface area (Å²) in [6.07, 6.45) is 1.64. The minimum absolute atomic E-state index is 0.0201. The van der Waals surface area contributed by atoms with Crippen molar-refractivity contribution < 1.29 is 9.53 Å². The second-order valence-electron chi connectivity index (χ2n) is 5.07. The zero-order valence-corrected chi connectivity index (χ0v) is 12.9. The van der Waals surface area contributed by atoms with E-state index in [0.717, 1.165) is 10.9 Å². The van der Waals surface area contributed by atoms with Crippen LogP contribution in [0.2, 0.25) is 0 Å². The third-order valence-electron chi connectivity index (χ3n) is 3.70. The summed E-state index contributed by atoms with van der Waals surface area (Å²) in [4.78, 5) is 29.4. The lowest BCUT2D eigenvalue weighted by Gasteiger charge is -2.14. The highest BCUT2D eigenvalue weighted by molar-refractivity contribution is 6.06. The van der Waals surface area contributed by atoms with Gasteiger partial charge in [-0.2, -0.15) is 0 Å². The predicted molar refractivity (Wildman–Crippen MR) is 88.4 cm³/mol. The number of nitrogens with zero attached hydrogens (tertiary/aromatic N) is 2. The number of hydrogen-bond acceptors (Lipinski definition) is 4. The second kappa shape index (κ2) is 6.04. The Morgan fingerprint density at radius 2 is 1.91 bits per heavy atom. The average Bonchev–Trinajstić information content (AvgIpc) is 2.58. The number of aromatic nitrogens is 2. The van der Waals surface area contributed by atoms with Gasteiger partial charge >= 0.3 is 5.97 Å². The van der Waals surface area contributed by atoms with Gasteiger partial charge in [0.1, 0.15) is 5.56 Å². The number of pyridine rings is 2. The van der Waals surface area contributed by atoms with Gasteiger partial charge in [-0.25, -0.2) is 4.79 Å². The maximum absolute atomic E-state index is 12.7. The van der Waals surface area contributed by atoms with E-state index in [-0.39, 0.29) is 17.7 Å². The normalized spacial score (nSPS) is 10.7. The molecule has 0 amide bonds. The molecule has 0 aliphatic heterocycles. The van der Waals surface area contributed by atoms with Gasteiger partial charge in [-0.05, 0) is 25.1 Å². The molecule has 0 unspecified atom stereocenters. The molecule has 2 heterocycles. The van der Waals surface area contributed by atoms with Gasteiger partial charge in [0.15, 0.2) is 0 Å². The molecule has 0 saturated heterocycles. The topological polar surface area (TPSA) is 61.2 Å². The Balaban J connectivity index is 2.47. The van der Waals surface area contributed by atoms with E-state index in [1.165, 1.54) is 4.57 Å². The van der Waals surface area contributed by atoms with E-state index < -0.39 is 5.97 Å². The molecule has 23 heavy (non-hydrogen) atoms. The fraction of sp³-hybridized carbons (Fsp3) is 0.167. The van der Waals surface area contributed by atoms with Crippen LogP contribution in [0.4, 0.5) is 0 Å². The molecule has 0 radical (unpaired) electrons. The summed E-state index contributed by atoms with van der Waals surface area (Å²) in [5, 5.41) is 0.788. The van der Waals surface area contributed by atoms with Gasteiger partial charge in [-0.1, -0.05) is 24.3 Å². The van der Waals surface area contributed by atoms with Crippen molar-refractivity contribution >= 4 is 16.9 Å². The fourth-order valence-corrected chi connectivity index (χ4v) is 2.67. The van der Waals surface area contributed by atoms with Crippen LogP contribution >= 0.6 is 0 Å². The van der Waals surface area contributed by atoms with Crippen molar-refractivity contribution in [2.75, 3.05) is 6.61 Å². The second-order valence-corrected chi connectivity index (χ2v) is 5.07. The molecular weight excluding hydrogens is 292 g/mol. The highest BCUT2D eigenvalue weighted by Gasteiger charge is 2.23. The zero-order chi connectivity index (χ0) is 16.4. The van der Waals surface area contributed by atoms with Gasteiger partial charge < -0.3 is 9.30 Å². The van der Waals surface area contributed by atoms with E-state index in [1.807, 2.05) is 30.3 Å². The van der Waals surface area contributed by atoms with Gasteiger partial charge in [0, 0.05) is 24.2 Å². The lowest BCUT2D eigenvalue weighted by atomic mass is 9.99. The summed E-state index contributed by atoms with van der Waals surface area (Å²) < 4.78 is 6.56. The highest BCUT2D eigenvalue weighted by atomic mass is 16.5. The van der Waals surface area contributed by atoms with Crippen molar-refractivity contribution in [2.45, 2.75) is 6.92 Å². The lowest BCUT2D eigenvalue weighted by molar-refractivity contribution is 0.0525. The molecule has 3 rings (SSSR count). The van der Waals surface area contributed by atoms with Crippen LogP contribution in [0.3, 0.4) is 0 Å². The van der Waals surface area contributed by atoms with Crippen molar-refractivity contribution in [3.8, 4) is 11.3 Å². The number of esters is 1. The highest BCUT2D eigenvalue weighted by Crippen LogP contribution is 2.29. The quantitative estimate of drug-likeness (QED) is 0.698. The van der Waals surface area contributed by atoms with Crippen LogP contribution in [-0.4, -0.2) is 22.1 Å². The number of carbonyl (C=O) groups is 1. The Bertz CT molecular complexity index is 930. The van der Waals surface area contributed by atoms with Crippen molar-refractivity contribution in [3.63, 3.8) is 0 Å². The molecule has 2 aromatic heterocycles. The Labute approximate surface area is 133 Å². The molecule has 5 heteroatoms. The van der Waals surface area contributed by atoms with Crippen LogP contribution in [0.15, 0.2) is 53.5 Å². The SMILES string of the molecule is CCOC(=O)c1c(-c2ccccn2)c2ccccc2n(C)c1=O. The number of ether oxygens (including phenoxy) is 1. The number of fused-ring (bicyclic) bond motifs is 1. The first kappa shape index (κ1) is 15.0. The Morgan fingerprint density at radius 3 is 2.61 bits per heavy atom. The Hall–Kier alpha value is -2.95. The zero-order valence-electron chi connectivity index (χ0n) is 12.9. The Kier molecular flexibility index (Phi) is 3.93. The smallest absolute Gasteiger partial charge is 0.344 e. The first-order valence-electron chi connectivity index (χ1n) is 7.35. The van der Waals surface area contributed by atoms with Gasteiger partial charge in [-0.3, -0.25) is 9.78 Å². The molecule has 116 valence electrons. The minimum Gasteiger partial charge on any atom is -0.462 e. The molecule has 0 fully saturated rings. The summed E-state index contributed by atoms with van der Waals surface area (Å²) >= 11 is 0. The van der Waals surface area contributed by atoms with E-state index in [4.69, 9.17) is 4.74 Å². The maximum Gasteiger partial charge on any atom is 0.344 e. The van der Waals surface area contributed by atoms with Gasteiger partial charge in [-0.15, -0.1) is 0 Å². The van der Waals surface area contributed by atoms with Gasteiger partial charge in [0.05, 0.1) is 17.8 Å². The van der Waals surface area contributed by atoms with Crippen LogP contribution < -0.4 is 5.56 Å². The molecule has 0 aliphatic rings. The number of carbonyl (C=O) groups excluding carboxylic acids is 1. The van der Waals surface area contributed by atoms with Crippen LogP contribution in [0, 0.1) is 0 Å². The molecule has 3 aromatic rings. The molecule has 1 aromatic carbocycles. The predicted octanol–water partition coefficient (Wildman–Crippen LogP) is 2.78. The van der Waals surface area contributed by atoms with Crippen molar-refractivity contribution in [2.24, 2.45) is 7.05 Å². The summed E-state index contributed by atoms with van der Waals surface area (Å²) in [5.41, 5.74) is 1.47. The molecule has 0 atom stereocenters. The lowest BCUT2D eigenvalue weighted by Crippen LogP contribution is -2.27. The molecule has 0 bridgehead atoms. The van der Waals surface area contributed by atoms with Gasteiger partial charge in [0.2, 0.25) is 0 Å². The molecule has 5 nitrogen and oxygen atoms in total. The van der Waals surface area contributed by atoms with E-state index in [2.05, 4.69) is 4.98 Å². The maximum atomic E-state index is 12.7. The fourth-order valence-electron chi connectivity index (χ4n) is 2.67. The Morgan fingerprint density at radius 1 is 1.17 bits per heavy atom. The molecule has 0 spiro atoms. The summed E-state index contributed by atoms with van der Waals surface area (Å²) in [5.74, 6) is -0.625. The number of hydrogen-bond donors (Lipinski definition) is 0. The van der Waals surface area contributed by atoms with E-state index in [9.17, 15) is 9.59 Å². The largest absolute Gasteiger partial charge is 0.462 e. The molecule has 0 saturated carbocycles. The summed E-state index contributed by atoms with van der Waals surface area (Å²) in [7, 11) is 1.65. The summed E-state index contributed by atoms with van der Waals surface area (Å²) in [6.45, 7) is 1.92. The minimum atomic E-state index is -0.625. The van der Waals surface area contributed by atoms with Crippen molar-refractivity contribution in [1.82, 2.24) is 9.55 Å². The standard InChI is InChI=1S/C18H16N2O3/c1-3-23-18(22)16-15(13-9-6-7-11-19-13)12-8-4-5-10-14(12)20(2)17(16)21/h4-11H,3H2,1-2H3. The van der Waals surface area contributed by atoms with E-state index in [0.29, 0.717) is 11.3 Å².